The largest absolute Gasteiger partial charge is 0.481 e. The number of hydrogen-bond donors (Lipinski definition) is 1. The molecule has 1 aromatic heterocycles. The molecule has 1 aliphatic rings. The summed E-state index contributed by atoms with van der Waals surface area (Å²) in [5.41, 5.74) is 0. The first kappa shape index (κ1) is 12.0. The molecule has 0 aromatic carbocycles. The van der Waals surface area contributed by atoms with Gasteiger partial charge in [0.05, 0.1) is 6.42 Å². The molecule has 17 heavy (non-hydrogen) atoms. The molecular weight excluding hydrogens is 218 g/mol. The Kier molecular flexibility index (Phi) is 3.71. The van der Waals surface area contributed by atoms with Crippen LogP contribution in [0.5, 0.6) is 0 Å². The smallest absolute Gasteiger partial charge is 0.303 e. The maximum atomic E-state index is 10.5. The molecule has 1 fully saturated rings. The summed E-state index contributed by atoms with van der Waals surface area (Å²) in [7, 11) is 0. The first-order valence-electron chi connectivity index (χ1n) is 6.24. The van der Waals surface area contributed by atoms with Gasteiger partial charge in [0.15, 0.2) is 5.88 Å². The molecule has 4 nitrogen and oxygen atoms in total. The third-order valence-electron chi connectivity index (χ3n) is 3.32. The SMILES string of the molecule is CC1CCCCN1c1ccc(CCC(=O)O)o1. The van der Waals surface area contributed by atoms with Crippen molar-refractivity contribution in [3.63, 3.8) is 0 Å². The fourth-order valence-corrected chi connectivity index (χ4v) is 2.31. The van der Waals surface area contributed by atoms with E-state index in [1.807, 2.05) is 12.1 Å². The Morgan fingerprint density at radius 1 is 1.53 bits per heavy atom. The minimum Gasteiger partial charge on any atom is -0.481 e. The van der Waals surface area contributed by atoms with Crippen molar-refractivity contribution in [2.75, 3.05) is 11.4 Å². The van der Waals surface area contributed by atoms with E-state index in [2.05, 4.69) is 11.8 Å². The Labute approximate surface area is 101 Å². The van der Waals surface area contributed by atoms with E-state index in [1.54, 1.807) is 0 Å². The van der Waals surface area contributed by atoms with E-state index in [1.165, 1.54) is 19.3 Å². The molecule has 2 heterocycles. The van der Waals surface area contributed by atoms with Crippen molar-refractivity contribution in [2.24, 2.45) is 0 Å². The molecule has 0 amide bonds. The van der Waals surface area contributed by atoms with Gasteiger partial charge in [-0.2, -0.15) is 0 Å². The number of carbonyl (C=O) groups is 1. The molecule has 1 N–H and O–H groups in total. The van der Waals surface area contributed by atoms with Crippen LogP contribution in [0.4, 0.5) is 5.88 Å². The van der Waals surface area contributed by atoms with Gasteiger partial charge in [-0.05, 0) is 32.3 Å². The van der Waals surface area contributed by atoms with Crippen LogP contribution in [0.15, 0.2) is 16.5 Å². The molecule has 0 bridgehead atoms. The fraction of sp³-hybridized carbons (Fsp3) is 0.615. The van der Waals surface area contributed by atoms with Gasteiger partial charge in [0.25, 0.3) is 0 Å². The number of anilines is 1. The normalized spacial score (nSPS) is 20.5. The van der Waals surface area contributed by atoms with Crippen molar-refractivity contribution in [1.82, 2.24) is 0 Å². The van der Waals surface area contributed by atoms with E-state index in [4.69, 9.17) is 9.52 Å². The maximum absolute atomic E-state index is 10.5. The zero-order valence-corrected chi connectivity index (χ0v) is 10.2. The van der Waals surface area contributed by atoms with Crippen molar-refractivity contribution in [1.29, 1.82) is 0 Å². The van der Waals surface area contributed by atoms with E-state index < -0.39 is 5.97 Å². The zero-order valence-electron chi connectivity index (χ0n) is 10.2. The third kappa shape index (κ3) is 3.02. The molecule has 1 saturated heterocycles. The highest BCUT2D eigenvalue weighted by atomic mass is 16.4. The van der Waals surface area contributed by atoms with E-state index in [9.17, 15) is 4.79 Å². The molecule has 1 atom stereocenters. The molecule has 0 spiro atoms. The monoisotopic (exact) mass is 237 g/mol. The maximum Gasteiger partial charge on any atom is 0.303 e. The molecule has 94 valence electrons. The number of furan rings is 1. The van der Waals surface area contributed by atoms with E-state index >= 15 is 0 Å². The Morgan fingerprint density at radius 3 is 3.06 bits per heavy atom. The summed E-state index contributed by atoms with van der Waals surface area (Å²) in [5, 5.41) is 8.62. The molecule has 1 unspecified atom stereocenters. The second-order valence-corrected chi connectivity index (χ2v) is 4.67. The van der Waals surface area contributed by atoms with Crippen LogP contribution in [0.25, 0.3) is 0 Å². The average Bonchev–Trinajstić information content (AvgIpc) is 2.75. The Bertz CT molecular complexity index is 386. The van der Waals surface area contributed by atoms with Gasteiger partial charge in [0, 0.05) is 25.1 Å². The standard InChI is InChI=1S/C13H19NO3/c1-10-4-2-3-9-14(10)12-7-5-11(17-12)6-8-13(15)16/h5,7,10H,2-4,6,8-9H2,1H3,(H,15,16). The number of aliphatic carboxylic acids is 1. The van der Waals surface area contributed by atoms with E-state index in [0.29, 0.717) is 12.5 Å². The lowest BCUT2D eigenvalue weighted by atomic mass is 10.0. The Balaban J connectivity index is 1.99. The molecule has 1 aliphatic heterocycles. The van der Waals surface area contributed by atoms with Gasteiger partial charge in [-0.25, -0.2) is 0 Å². The van der Waals surface area contributed by atoms with Crippen molar-refractivity contribution >= 4 is 11.9 Å². The minimum absolute atomic E-state index is 0.127. The summed E-state index contributed by atoms with van der Waals surface area (Å²) >= 11 is 0. The summed E-state index contributed by atoms with van der Waals surface area (Å²) in [6.07, 6.45) is 4.28. The van der Waals surface area contributed by atoms with Crippen LogP contribution >= 0.6 is 0 Å². The van der Waals surface area contributed by atoms with Gasteiger partial charge in [-0.1, -0.05) is 0 Å². The Morgan fingerprint density at radius 2 is 2.35 bits per heavy atom. The van der Waals surface area contributed by atoms with Crippen LogP contribution in [0.2, 0.25) is 0 Å². The first-order valence-corrected chi connectivity index (χ1v) is 6.24. The fourth-order valence-electron chi connectivity index (χ4n) is 2.31. The number of aryl methyl sites for hydroxylation is 1. The summed E-state index contributed by atoms with van der Waals surface area (Å²) in [6.45, 7) is 3.24. The van der Waals surface area contributed by atoms with Gasteiger partial charge in [0.2, 0.25) is 0 Å². The van der Waals surface area contributed by atoms with Gasteiger partial charge >= 0.3 is 5.97 Å². The van der Waals surface area contributed by atoms with Crippen LogP contribution in [-0.4, -0.2) is 23.7 Å². The quantitative estimate of drug-likeness (QED) is 0.874. The lowest BCUT2D eigenvalue weighted by Crippen LogP contribution is -2.37. The minimum atomic E-state index is -0.783. The highest BCUT2D eigenvalue weighted by Gasteiger charge is 2.21. The first-order chi connectivity index (χ1) is 8.16. The highest BCUT2D eigenvalue weighted by Crippen LogP contribution is 2.26. The second-order valence-electron chi connectivity index (χ2n) is 4.67. The van der Waals surface area contributed by atoms with Crippen molar-refractivity contribution in [3.8, 4) is 0 Å². The second kappa shape index (κ2) is 5.25. The van der Waals surface area contributed by atoms with Crippen LogP contribution in [-0.2, 0) is 11.2 Å². The van der Waals surface area contributed by atoms with Crippen LogP contribution in [0, 0.1) is 0 Å². The molecule has 0 saturated carbocycles. The molecule has 4 heteroatoms. The van der Waals surface area contributed by atoms with Crippen LogP contribution < -0.4 is 4.90 Å². The lowest BCUT2D eigenvalue weighted by Gasteiger charge is -2.33. The Hall–Kier alpha value is -1.45. The van der Waals surface area contributed by atoms with Crippen molar-refractivity contribution in [2.45, 2.75) is 45.1 Å². The number of piperidine rings is 1. The highest BCUT2D eigenvalue weighted by molar-refractivity contribution is 5.66. The molecule has 0 radical (unpaired) electrons. The van der Waals surface area contributed by atoms with Gasteiger partial charge in [0.1, 0.15) is 5.76 Å². The average molecular weight is 237 g/mol. The molecule has 2 rings (SSSR count). The summed E-state index contributed by atoms with van der Waals surface area (Å²) in [4.78, 5) is 12.8. The predicted octanol–water partition coefficient (Wildman–Crippen LogP) is 2.68. The van der Waals surface area contributed by atoms with Crippen LogP contribution in [0.1, 0.15) is 38.4 Å². The number of hydrogen-bond acceptors (Lipinski definition) is 3. The zero-order chi connectivity index (χ0) is 12.3. The van der Waals surface area contributed by atoms with Gasteiger partial charge in [-0.3, -0.25) is 4.79 Å². The van der Waals surface area contributed by atoms with Crippen molar-refractivity contribution < 1.29 is 14.3 Å². The van der Waals surface area contributed by atoms with E-state index in [0.717, 1.165) is 18.2 Å². The third-order valence-corrected chi connectivity index (χ3v) is 3.32. The topological polar surface area (TPSA) is 53.7 Å². The van der Waals surface area contributed by atoms with Gasteiger partial charge in [-0.15, -0.1) is 0 Å². The predicted molar refractivity (Wildman–Crippen MR) is 65.3 cm³/mol. The van der Waals surface area contributed by atoms with Crippen LogP contribution in [0.3, 0.4) is 0 Å². The summed E-state index contributed by atoms with van der Waals surface area (Å²) in [6, 6.07) is 4.36. The molecule has 1 aromatic rings. The van der Waals surface area contributed by atoms with Gasteiger partial charge < -0.3 is 14.4 Å². The van der Waals surface area contributed by atoms with E-state index in [-0.39, 0.29) is 6.42 Å². The molecular formula is C13H19NO3. The molecule has 0 aliphatic carbocycles. The lowest BCUT2D eigenvalue weighted by molar-refractivity contribution is -0.137. The number of carboxylic acid groups (broad SMARTS) is 1. The number of rotatable bonds is 4. The number of nitrogens with zero attached hydrogens (tertiary/aromatic N) is 1. The number of carboxylic acids is 1. The summed E-state index contributed by atoms with van der Waals surface area (Å²) in [5.74, 6) is 0.868. The summed E-state index contributed by atoms with van der Waals surface area (Å²) < 4.78 is 5.71. The van der Waals surface area contributed by atoms with Crippen molar-refractivity contribution in [3.05, 3.63) is 17.9 Å².